The number of aliphatic hydroxyl groups is 2. The van der Waals surface area contributed by atoms with Crippen molar-refractivity contribution in [3.05, 3.63) is 120 Å². The molecule has 4 aromatic carbocycles. The van der Waals surface area contributed by atoms with Gasteiger partial charge >= 0.3 is 5.09 Å². The van der Waals surface area contributed by atoms with E-state index in [-0.39, 0.29) is 54.8 Å². The summed E-state index contributed by atoms with van der Waals surface area (Å²) in [7, 11) is 0. The fourth-order valence-electron chi connectivity index (χ4n) is 8.72. The number of amides is 2. The fraction of sp³-hybridized carbons (Fsp3) is 0.458. The molecule has 6 rings (SSSR count). The molecule has 0 spiro atoms. The lowest BCUT2D eigenvalue weighted by Crippen LogP contribution is -2.21. The van der Waals surface area contributed by atoms with Gasteiger partial charge in [0, 0.05) is 45.5 Å². The average molecular weight is 823 g/mol. The quantitative estimate of drug-likeness (QED) is 0.0810. The number of anilines is 2. The van der Waals surface area contributed by atoms with Gasteiger partial charge in [0.05, 0.1) is 38.3 Å². The first-order valence-electron chi connectivity index (χ1n) is 21.0. The monoisotopic (exact) mass is 822 g/mol. The second kappa shape index (κ2) is 18.4. The van der Waals surface area contributed by atoms with Gasteiger partial charge in [-0.1, -0.05) is 76.2 Å². The van der Waals surface area contributed by atoms with Crippen molar-refractivity contribution in [1.82, 2.24) is 0 Å². The Morgan fingerprint density at radius 1 is 0.633 bits per heavy atom. The predicted octanol–water partition coefficient (Wildman–Crippen LogP) is 9.32. The van der Waals surface area contributed by atoms with Crippen molar-refractivity contribution in [2.45, 2.75) is 118 Å². The van der Waals surface area contributed by atoms with E-state index in [4.69, 9.17) is 19.1 Å². The van der Waals surface area contributed by atoms with Crippen LogP contribution < -0.4 is 20.1 Å². The number of benzene rings is 4. The van der Waals surface area contributed by atoms with Crippen molar-refractivity contribution in [1.29, 1.82) is 0 Å². The molecule has 4 N–H and O–H groups in total. The fourth-order valence-corrected chi connectivity index (χ4v) is 8.72. The van der Waals surface area contributed by atoms with Gasteiger partial charge in [0.25, 0.3) is 0 Å². The molecule has 0 fully saturated rings. The highest BCUT2D eigenvalue weighted by atomic mass is 17.0. The van der Waals surface area contributed by atoms with Crippen LogP contribution in [0.2, 0.25) is 0 Å². The van der Waals surface area contributed by atoms with E-state index in [1.54, 1.807) is 13.8 Å². The molecule has 0 bridgehead atoms. The van der Waals surface area contributed by atoms with Crippen molar-refractivity contribution in [3.63, 3.8) is 0 Å². The molecule has 0 aliphatic carbocycles. The van der Waals surface area contributed by atoms with Gasteiger partial charge in [-0.15, -0.1) is 0 Å². The molecule has 2 heterocycles. The van der Waals surface area contributed by atoms with Crippen LogP contribution in [0.25, 0.3) is 0 Å². The zero-order valence-electron chi connectivity index (χ0n) is 36.5. The van der Waals surface area contributed by atoms with Crippen LogP contribution in [-0.4, -0.2) is 53.5 Å². The Morgan fingerprint density at radius 2 is 0.983 bits per heavy atom. The Morgan fingerprint density at radius 3 is 1.30 bits per heavy atom. The summed E-state index contributed by atoms with van der Waals surface area (Å²) in [5, 5.41) is 27.5. The van der Waals surface area contributed by atoms with E-state index in [9.17, 15) is 24.7 Å². The summed E-state index contributed by atoms with van der Waals surface area (Å²) >= 11 is 0. The Bertz CT molecular complexity index is 2090. The highest BCUT2D eigenvalue weighted by molar-refractivity contribution is 5.94. The number of fused-ring (bicyclic) bond motifs is 2. The number of carbonyl (C=O) groups excluding carboxylic acids is 2. The lowest BCUT2D eigenvalue weighted by molar-refractivity contribution is -0.981. The van der Waals surface area contributed by atoms with Crippen LogP contribution in [0, 0.1) is 32.6 Å². The molecule has 0 aromatic heterocycles. The van der Waals surface area contributed by atoms with Gasteiger partial charge < -0.3 is 30.3 Å². The van der Waals surface area contributed by atoms with E-state index in [1.807, 2.05) is 27.7 Å². The lowest BCUT2D eigenvalue weighted by atomic mass is 9.84. The molecular formula is C48H60N3O9+. The molecule has 12 nitrogen and oxygen atoms in total. The summed E-state index contributed by atoms with van der Waals surface area (Å²) in [4.78, 5) is 49.1. The normalized spacial score (nSPS) is 16.4. The topological polar surface area (TPSA) is 156 Å². The first-order valence-corrected chi connectivity index (χ1v) is 21.0. The Hall–Kier alpha value is -5.46. The van der Waals surface area contributed by atoms with Crippen LogP contribution in [0.3, 0.4) is 0 Å². The standard InChI is InChI=1S/C48H59N3O9/c1-25(2)33-11-15-35(16-12-33)37-23-57-47-41(31(9)52)27(5)45(29(7)43(37)47)49-39(54)19-21-59-51(56)60-22-20-40(55)50-46-28(6)42(32(10)53)48-44(30(46)8)38(24-58-48)36-17-13-34(14-18-36)26(3)4/h11-18,25-26,31-32,37-38,52-53H,19-24H2,1-10H3,(H-,49,50,54,55)/p+1/t31-,32-,37-,38-/m1/s1. The van der Waals surface area contributed by atoms with Gasteiger partial charge in [0.2, 0.25) is 11.8 Å². The number of hydrogen-bond acceptors (Lipinski definition) is 9. The number of nitrogens with one attached hydrogen (secondary N) is 2. The number of ether oxygens (including phenoxy) is 2. The summed E-state index contributed by atoms with van der Waals surface area (Å²) in [6.07, 6.45) is -1.99. The SMILES string of the molecule is Cc1c(NC(=O)CCO[N+](=O)OCCC(=O)Nc2c(C)c3c(c([C@@H](C)O)c2C)OC[C@@H]3c2ccc(C(C)C)cc2)c(C)c([C@@H](C)O)c2c1[C@@H](c1ccc(C(C)C)cc1)CO2. The van der Waals surface area contributed by atoms with Gasteiger partial charge in [-0.25, -0.2) is 0 Å². The molecule has 0 unspecified atom stereocenters. The molecule has 0 radical (unpaired) electrons. The smallest absolute Gasteiger partial charge is 0.477 e. The molecule has 0 saturated heterocycles. The molecule has 0 saturated carbocycles. The molecule has 4 aromatic rings. The highest BCUT2D eigenvalue weighted by Crippen LogP contribution is 2.50. The third-order valence-electron chi connectivity index (χ3n) is 12.0. The summed E-state index contributed by atoms with van der Waals surface area (Å²) in [5.74, 6) is 1.19. The van der Waals surface area contributed by atoms with Gasteiger partial charge in [0.1, 0.15) is 16.4 Å². The number of hydrogen-bond donors (Lipinski definition) is 4. The molecule has 2 aliphatic heterocycles. The average Bonchev–Trinajstić information content (AvgIpc) is 3.84. The van der Waals surface area contributed by atoms with E-state index in [1.165, 1.54) is 11.1 Å². The summed E-state index contributed by atoms with van der Waals surface area (Å²) < 4.78 is 12.4. The Kier molecular flexibility index (Phi) is 13.5. The van der Waals surface area contributed by atoms with Crippen LogP contribution >= 0.6 is 0 Å². The zero-order chi connectivity index (χ0) is 43.6. The van der Waals surface area contributed by atoms with E-state index in [2.05, 4.69) is 86.9 Å². The van der Waals surface area contributed by atoms with Crippen LogP contribution in [-0.2, 0) is 19.3 Å². The first kappa shape index (κ1) is 44.1. The van der Waals surface area contributed by atoms with Gasteiger partial charge in [-0.05, 0) is 97.9 Å². The van der Waals surface area contributed by atoms with Gasteiger partial charge in [-0.3, -0.25) is 9.59 Å². The summed E-state index contributed by atoms with van der Waals surface area (Å²) in [6.45, 7) is 19.8. The molecule has 2 amide bonds. The third-order valence-corrected chi connectivity index (χ3v) is 12.0. The third kappa shape index (κ3) is 9.00. The largest absolute Gasteiger partial charge is 0.492 e. The second-order valence-corrected chi connectivity index (χ2v) is 16.8. The minimum Gasteiger partial charge on any atom is -0.492 e. The highest BCUT2D eigenvalue weighted by Gasteiger charge is 2.36. The number of rotatable bonds is 16. The van der Waals surface area contributed by atoms with Gasteiger partial charge in [-0.2, -0.15) is 9.68 Å². The minimum absolute atomic E-state index is 0.0744. The van der Waals surface area contributed by atoms with Crippen molar-refractivity contribution in [2.24, 2.45) is 0 Å². The summed E-state index contributed by atoms with van der Waals surface area (Å²) in [6, 6.07) is 17.0. The van der Waals surface area contributed by atoms with Crippen molar-refractivity contribution in [3.8, 4) is 11.5 Å². The zero-order valence-corrected chi connectivity index (χ0v) is 36.5. The molecule has 60 heavy (non-hydrogen) atoms. The minimum atomic E-state index is -0.836. The number of nitrogens with zero attached hydrogens (tertiary/aromatic N) is 1. The van der Waals surface area contributed by atoms with E-state index >= 15 is 0 Å². The Balaban J connectivity index is 1.04. The van der Waals surface area contributed by atoms with Crippen LogP contribution in [0.5, 0.6) is 11.5 Å². The van der Waals surface area contributed by atoms with Crippen LogP contribution in [0.15, 0.2) is 48.5 Å². The maximum Gasteiger partial charge on any atom is 0.477 e. The van der Waals surface area contributed by atoms with E-state index in [0.717, 1.165) is 33.4 Å². The maximum atomic E-state index is 13.2. The van der Waals surface area contributed by atoms with Gasteiger partial charge in [0.15, 0.2) is 13.2 Å². The molecule has 12 heteroatoms. The van der Waals surface area contributed by atoms with E-state index in [0.29, 0.717) is 70.2 Å². The van der Waals surface area contributed by atoms with Crippen molar-refractivity contribution >= 4 is 23.2 Å². The van der Waals surface area contributed by atoms with Crippen LogP contribution in [0.1, 0.15) is 157 Å². The molecular weight excluding hydrogens is 763 g/mol. The number of aliphatic hydroxyl groups excluding tert-OH is 2. The summed E-state index contributed by atoms with van der Waals surface area (Å²) in [5.41, 5.74) is 12.0. The van der Waals surface area contributed by atoms with Crippen molar-refractivity contribution < 1.29 is 44.0 Å². The predicted molar refractivity (Wildman–Crippen MR) is 231 cm³/mol. The molecule has 2 aliphatic rings. The number of carbonyl (C=O) groups is 2. The molecule has 4 atom stereocenters. The van der Waals surface area contributed by atoms with E-state index < -0.39 is 12.2 Å². The van der Waals surface area contributed by atoms with Crippen LogP contribution in [0.4, 0.5) is 11.4 Å². The Labute approximate surface area is 353 Å². The maximum absolute atomic E-state index is 13.2. The second-order valence-electron chi connectivity index (χ2n) is 16.8. The lowest BCUT2D eigenvalue weighted by Gasteiger charge is -2.22. The van der Waals surface area contributed by atoms with Crippen molar-refractivity contribution in [2.75, 3.05) is 37.1 Å². The first-order chi connectivity index (χ1) is 28.5. The molecule has 320 valence electrons.